The molecule has 1 aromatic rings. The Balaban J connectivity index is 2.30. The zero-order valence-electron chi connectivity index (χ0n) is 11.9. The lowest BCUT2D eigenvalue weighted by Crippen LogP contribution is -2.42. The van der Waals surface area contributed by atoms with Gasteiger partial charge in [0.1, 0.15) is 0 Å². The molecule has 0 fully saturated rings. The van der Waals surface area contributed by atoms with Gasteiger partial charge in [0, 0.05) is 18.2 Å². The summed E-state index contributed by atoms with van der Waals surface area (Å²) >= 11 is 0. The third-order valence-electron chi connectivity index (χ3n) is 3.42. The second-order valence-electron chi connectivity index (χ2n) is 5.25. The number of carbonyl (C=O) groups excluding carboxylic acids is 1. The maximum Gasteiger partial charge on any atom is 0.264 e. The highest BCUT2D eigenvalue weighted by Gasteiger charge is 2.27. The van der Waals surface area contributed by atoms with E-state index < -0.39 is 10.1 Å². The summed E-state index contributed by atoms with van der Waals surface area (Å²) in [4.78, 5) is 14.2. The van der Waals surface area contributed by atoms with E-state index in [1.54, 1.807) is 12.1 Å². The van der Waals surface area contributed by atoms with Crippen molar-refractivity contribution in [2.45, 2.75) is 32.9 Å². The maximum absolute atomic E-state index is 12.4. The van der Waals surface area contributed by atoms with Gasteiger partial charge in [0.25, 0.3) is 16.0 Å². The highest BCUT2D eigenvalue weighted by molar-refractivity contribution is 7.85. The van der Waals surface area contributed by atoms with Crippen LogP contribution in [0.5, 0.6) is 0 Å². The smallest absolute Gasteiger partial charge is 0.264 e. The van der Waals surface area contributed by atoms with Crippen molar-refractivity contribution in [2.75, 3.05) is 12.8 Å². The summed E-state index contributed by atoms with van der Waals surface area (Å²) < 4.78 is 27.0. The van der Waals surface area contributed by atoms with E-state index in [9.17, 15) is 13.2 Å². The first-order valence-electron chi connectivity index (χ1n) is 6.55. The van der Waals surface area contributed by atoms with Gasteiger partial charge in [-0.2, -0.15) is 8.42 Å². The first kappa shape index (κ1) is 15.0. The molecule has 0 bridgehead atoms. The van der Waals surface area contributed by atoms with Crippen LogP contribution in [-0.4, -0.2) is 38.1 Å². The molecule has 1 amide bonds. The van der Waals surface area contributed by atoms with Gasteiger partial charge in [0.05, 0.1) is 12.9 Å². The van der Waals surface area contributed by atoms with Gasteiger partial charge in [0.15, 0.2) is 0 Å². The minimum atomic E-state index is -3.48. The van der Waals surface area contributed by atoms with Crippen molar-refractivity contribution >= 4 is 16.0 Å². The monoisotopic (exact) mass is 297 g/mol. The van der Waals surface area contributed by atoms with Crippen LogP contribution < -0.4 is 0 Å². The third kappa shape index (κ3) is 3.19. The lowest BCUT2D eigenvalue weighted by Gasteiger charge is -2.32. The Hall–Kier alpha value is -1.40. The molecule has 0 saturated heterocycles. The van der Waals surface area contributed by atoms with Crippen LogP contribution in [0.2, 0.25) is 0 Å². The fourth-order valence-corrected chi connectivity index (χ4v) is 2.76. The van der Waals surface area contributed by atoms with E-state index in [0.717, 1.165) is 23.8 Å². The summed E-state index contributed by atoms with van der Waals surface area (Å²) in [7, 11) is -3.48. The summed E-state index contributed by atoms with van der Waals surface area (Å²) in [6, 6.07) is 5.52. The maximum atomic E-state index is 12.4. The average Bonchev–Trinajstić information content (AvgIpc) is 2.35. The Morgan fingerprint density at radius 1 is 1.35 bits per heavy atom. The van der Waals surface area contributed by atoms with E-state index in [4.69, 9.17) is 4.18 Å². The molecule has 6 heteroatoms. The highest BCUT2D eigenvalue weighted by Crippen LogP contribution is 2.24. The molecule has 1 heterocycles. The van der Waals surface area contributed by atoms with E-state index >= 15 is 0 Å². The molecule has 0 unspecified atom stereocenters. The fraction of sp³-hybridized carbons (Fsp3) is 0.500. The fourth-order valence-electron chi connectivity index (χ4n) is 2.42. The Bertz CT molecular complexity index is 622. The number of nitrogens with zero attached hydrogens (tertiary/aromatic N) is 1. The van der Waals surface area contributed by atoms with Crippen LogP contribution in [-0.2, 0) is 27.3 Å². The van der Waals surface area contributed by atoms with Crippen molar-refractivity contribution in [2.24, 2.45) is 0 Å². The predicted molar refractivity (Wildman–Crippen MR) is 76.0 cm³/mol. The minimum Gasteiger partial charge on any atom is -0.336 e. The molecule has 0 radical (unpaired) electrons. The quantitative estimate of drug-likeness (QED) is 0.791. The van der Waals surface area contributed by atoms with E-state index in [-0.39, 0.29) is 18.6 Å². The lowest BCUT2D eigenvalue weighted by atomic mass is 9.93. The molecule has 0 atom stereocenters. The van der Waals surface area contributed by atoms with E-state index in [1.165, 1.54) is 0 Å². The number of rotatable bonds is 4. The average molecular weight is 297 g/mol. The van der Waals surface area contributed by atoms with Crippen molar-refractivity contribution in [3.05, 3.63) is 34.9 Å². The minimum absolute atomic E-state index is 0.00227. The van der Waals surface area contributed by atoms with Crippen LogP contribution in [0.4, 0.5) is 0 Å². The number of amides is 1. The Morgan fingerprint density at radius 2 is 2.05 bits per heavy atom. The molecule has 0 aliphatic carbocycles. The normalized spacial score (nSPS) is 15.6. The van der Waals surface area contributed by atoms with E-state index in [2.05, 4.69) is 0 Å². The molecule has 110 valence electrons. The van der Waals surface area contributed by atoms with Crippen LogP contribution in [0.25, 0.3) is 0 Å². The second-order valence-corrected chi connectivity index (χ2v) is 6.90. The molecule has 5 nitrogen and oxygen atoms in total. The summed E-state index contributed by atoms with van der Waals surface area (Å²) in [6.07, 6.45) is 1.75. The van der Waals surface area contributed by atoms with Crippen molar-refractivity contribution in [3.63, 3.8) is 0 Å². The molecule has 0 aromatic heterocycles. The number of benzene rings is 1. The molecule has 1 aromatic carbocycles. The standard InChI is InChI=1S/C14H19NO4S/c1-10(2)15-8-7-12-11(9-19-20(3,17)18)5-4-6-13(12)14(15)16/h4-6,10H,7-9H2,1-3H3. The Labute approximate surface area is 119 Å². The first-order chi connectivity index (χ1) is 9.29. The molecule has 2 rings (SSSR count). The van der Waals surface area contributed by atoms with Gasteiger partial charge in [0.2, 0.25) is 0 Å². The van der Waals surface area contributed by atoms with E-state index in [1.807, 2.05) is 24.8 Å². The van der Waals surface area contributed by atoms with Crippen molar-refractivity contribution in [1.29, 1.82) is 0 Å². The van der Waals surface area contributed by atoms with Crippen molar-refractivity contribution in [3.8, 4) is 0 Å². The summed E-state index contributed by atoms with van der Waals surface area (Å²) in [5.74, 6) is 0.00227. The van der Waals surface area contributed by atoms with Crippen LogP contribution in [0, 0.1) is 0 Å². The second kappa shape index (κ2) is 5.54. The molecule has 0 saturated carbocycles. The predicted octanol–water partition coefficient (Wildman–Crippen LogP) is 1.57. The molecule has 20 heavy (non-hydrogen) atoms. The summed E-state index contributed by atoms with van der Waals surface area (Å²) in [5, 5.41) is 0. The van der Waals surface area contributed by atoms with Gasteiger partial charge >= 0.3 is 0 Å². The molecule has 1 aliphatic heterocycles. The van der Waals surface area contributed by atoms with Crippen LogP contribution in [0.3, 0.4) is 0 Å². The molecule has 1 aliphatic rings. The molecular weight excluding hydrogens is 278 g/mol. The van der Waals surface area contributed by atoms with Crippen LogP contribution >= 0.6 is 0 Å². The molecular formula is C14H19NO4S. The number of carbonyl (C=O) groups is 1. The van der Waals surface area contributed by atoms with Gasteiger partial charge in [-0.05, 0) is 37.5 Å². The topological polar surface area (TPSA) is 63.7 Å². The van der Waals surface area contributed by atoms with Crippen LogP contribution in [0.1, 0.15) is 35.3 Å². The lowest BCUT2D eigenvalue weighted by molar-refractivity contribution is 0.0687. The van der Waals surface area contributed by atoms with Crippen molar-refractivity contribution < 1.29 is 17.4 Å². The van der Waals surface area contributed by atoms with E-state index in [0.29, 0.717) is 12.1 Å². The van der Waals surface area contributed by atoms with Gasteiger partial charge in [-0.15, -0.1) is 0 Å². The van der Waals surface area contributed by atoms with Gasteiger partial charge in [-0.3, -0.25) is 8.98 Å². The zero-order valence-corrected chi connectivity index (χ0v) is 12.7. The van der Waals surface area contributed by atoms with Gasteiger partial charge < -0.3 is 4.90 Å². The van der Waals surface area contributed by atoms with Gasteiger partial charge in [-0.25, -0.2) is 0 Å². The van der Waals surface area contributed by atoms with Crippen LogP contribution in [0.15, 0.2) is 18.2 Å². The summed E-state index contributed by atoms with van der Waals surface area (Å²) in [6.45, 7) is 4.61. The van der Waals surface area contributed by atoms with Crippen molar-refractivity contribution in [1.82, 2.24) is 4.90 Å². The first-order valence-corrected chi connectivity index (χ1v) is 8.37. The number of hydrogen-bond acceptors (Lipinski definition) is 4. The Kier molecular flexibility index (Phi) is 4.15. The molecule has 0 spiro atoms. The highest BCUT2D eigenvalue weighted by atomic mass is 32.2. The SMILES string of the molecule is CC(C)N1CCc2c(COS(C)(=O)=O)cccc2C1=O. The number of hydrogen-bond donors (Lipinski definition) is 0. The number of fused-ring (bicyclic) bond motifs is 1. The zero-order chi connectivity index (χ0) is 14.9. The summed E-state index contributed by atoms with van der Waals surface area (Å²) in [5.41, 5.74) is 2.32. The molecule has 0 N–H and O–H groups in total. The third-order valence-corrected chi connectivity index (χ3v) is 3.96. The largest absolute Gasteiger partial charge is 0.336 e. The Morgan fingerprint density at radius 3 is 2.65 bits per heavy atom. The van der Waals surface area contributed by atoms with Gasteiger partial charge in [-0.1, -0.05) is 12.1 Å².